The highest BCUT2D eigenvalue weighted by atomic mass is 16.5. The largest absolute Gasteiger partial charge is 0.492 e. The Labute approximate surface area is 120 Å². The lowest BCUT2D eigenvalue weighted by Gasteiger charge is -2.15. The van der Waals surface area contributed by atoms with Crippen LogP contribution in [0.1, 0.15) is 19.4 Å². The Morgan fingerprint density at radius 2 is 1.90 bits per heavy atom. The zero-order valence-electron chi connectivity index (χ0n) is 12.1. The standard InChI is InChI=1S/C15H23N3O2/c1-11-9-18(10-12(11)2)7-8-20-14-5-3-13(4-6-14)15(16)17-19/h3-6,11-12,19H,7-10H2,1-2H3,(H2,16,17). The lowest BCUT2D eigenvalue weighted by Crippen LogP contribution is -2.26. The summed E-state index contributed by atoms with van der Waals surface area (Å²) >= 11 is 0. The first-order valence-corrected chi connectivity index (χ1v) is 7.03. The highest BCUT2D eigenvalue weighted by molar-refractivity contribution is 5.97. The van der Waals surface area contributed by atoms with E-state index in [-0.39, 0.29) is 5.84 Å². The molecule has 20 heavy (non-hydrogen) atoms. The van der Waals surface area contributed by atoms with E-state index < -0.39 is 0 Å². The van der Waals surface area contributed by atoms with Gasteiger partial charge < -0.3 is 15.7 Å². The maximum Gasteiger partial charge on any atom is 0.170 e. The van der Waals surface area contributed by atoms with E-state index in [9.17, 15) is 0 Å². The summed E-state index contributed by atoms with van der Waals surface area (Å²) in [6.45, 7) is 8.56. The number of likely N-dealkylation sites (tertiary alicyclic amines) is 1. The molecular formula is C15H23N3O2. The zero-order chi connectivity index (χ0) is 14.5. The highest BCUT2D eigenvalue weighted by Gasteiger charge is 2.25. The summed E-state index contributed by atoms with van der Waals surface area (Å²) in [6, 6.07) is 7.24. The predicted molar refractivity (Wildman–Crippen MR) is 79.2 cm³/mol. The van der Waals surface area contributed by atoms with E-state index in [1.807, 2.05) is 12.1 Å². The SMILES string of the molecule is CC1CN(CCOc2ccc(C(N)=NO)cc2)CC1C. The Morgan fingerprint density at radius 1 is 1.30 bits per heavy atom. The lowest BCUT2D eigenvalue weighted by molar-refractivity contribution is 0.232. The minimum absolute atomic E-state index is 0.108. The highest BCUT2D eigenvalue weighted by Crippen LogP contribution is 2.21. The number of nitrogens with two attached hydrogens (primary N) is 1. The Hall–Kier alpha value is -1.75. The van der Waals surface area contributed by atoms with Gasteiger partial charge in [0.15, 0.2) is 5.84 Å². The van der Waals surface area contributed by atoms with Crippen LogP contribution in [0.25, 0.3) is 0 Å². The summed E-state index contributed by atoms with van der Waals surface area (Å²) in [7, 11) is 0. The molecule has 0 radical (unpaired) electrons. The molecule has 5 nitrogen and oxygen atoms in total. The molecular weight excluding hydrogens is 254 g/mol. The van der Waals surface area contributed by atoms with Gasteiger partial charge in [-0.2, -0.15) is 0 Å². The van der Waals surface area contributed by atoms with Gasteiger partial charge in [0.1, 0.15) is 12.4 Å². The number of benzene rings is 1. The number of nitrogens with zero attached hydrogens (tertiary/aromatic N) is 2. The van der Waals surface area contributed by atoms with Crippen molar-refractivity contribution in [3.63, 3.8) is 0 Å². The van der Waals surface area contributed by atoms with Gasteiger partial charge in [0.2, 0.25) is 0 Å². The molecule has 0 saturated carbocycles. The molecule has 5 heteroatoms. The van der Waals surface area contributed by atoms with E-state index in [0.717, 1.165) is 37.2 Å². The third-order valence-corrected chi connectivity index (χ3v) is 4.00. The molecule has 1 fully saturated rings. The number of oxime groups is 1. The third kappa shape index (κ3) is 3.63. The first-order valence-electron chi connectivity index (χ1n) is 7.03. The number of ether oxygens (including phenoxy) is 1. The molecule has 2 atom stereocenters. The van der Waals surface area contributed by atoms with Crippen LogP contribution in [0.5, 0.6) is 5.75 Å². The van der Waals surface area contributed by atoms with Gasteiger partial charge in [0.05, 0.1) is 0 Å². The first kappa shape index (κ1) is 14.7. The minimum atomic E-state index is 0.108. The topological polar surface area (TPSA) is 71.1 Å². The van der Waals surface area contributed by atoms with Gasteiger partial charge in [-0.05, 0) is 36.1 Å². The van der Waals surface area contributed by atoms with Crippen LogP contribution < -0.4 is 10.5 Å². The van der Waals surface area contributed by atoms with Crippen LogP contribution in [0.4, 0.5) is 0 Å². The number of hydrogen-bond donors (Lipinski definition) is 2. The van der Waals surface area contributed by atoms with Crippen molar-refractivity contribution < 1.29 is 9.94 Å². The van der Waals surface area contributed by atoms with E-state index in [0.29, 0.717) is 12.2 Å². The van der Waals surface area contributed by atoms with E-state index in [4.69, 9.17) is 15.7 Å². The molecule has 2 unspecified atom stereocenters. The van der Waals surface area contributed by atoms with Crippen molar-refractivity contribution in [1.82, 2.24) is 4.90 Å². The first-order chi connectivity index (χ1) is 9.60. The van der Waals surface area contributed by atoms with Gasteiger partial charge in [0.25, 0.3) is 0 Å². The summed E-state index contributed by atoms with van der Waals surface area (Å²) in [5, 5.41) is 11.6. The van der Waals surface area contributed by atoms with E-state index in [2.05, 4.69) is 23.9 Å². The number of amidine groups is 1. The van der Waals surface area contributed by atoms with Crippen LogP contribution in [-0.4, -0.2) is 42.2 Å². The molecule has 3 N–H and O–H groups in total. The summed E-state index contributed by atoms with van der Waals surface area (Å²) in [5.74, 6) is 2.46. The van der Waals surface area contributed by atoms with E-state index in [1.54, 1.807) is 12.1 Å². The van der Waals surface area contributed by atoms with E-state index >= 15 is 0 Å². The van der Waals surface area contributed by atoms with Crippen molar-refractivity contribution in [2.24, 2.45) is 22.7 Å². The summed E-state index contributed by atoms with van der Waals surface area (Å²) in [6.07, 6.45) is 0. The molecule has 110 valence electrons. The summed E-state index contributed by atoms with van der Waals surface area (Å²) < 4.78 is 5.72. The smallest absolute Gasteiger partial charge is 0.170 e. The Morgan fingerprint density at radius 3 is 2.45 bits per heavy atom. The fourth-order valence-electron chi connectivity index (χ4n) is 2.50. The molecule has 1 heterocycles. The van der Waals surface area contributed by atoms with Crippen molar-refractivity contribution in [3.05, 3.63) is 29.8 Å². The maximum atomic E-state index is 8.59. The second-order valence-corrected chi connectivity index (χ2v) is 5.57. The van der Waals surface area contributed by atoms with Gasteiger partial charge in [0, 0.05) is 25.2 Å². The van der Waals surface area contributed by atoms with Gasteiger partial charge >= 0.3 is 0 Å². The van der Waals surface area contributed by atoms with Crippen molar-refractivity contribution in [2.75, 3.05) is 26.2 Å². The maximum absolute atomic E-state index is 8.59. The van der Waals surface area contributed by atoms with Gasteiger partial charge in [-0.25, -0.2) is 0 Å². The zero-order valence-corrected chi connectivity index (χ0v) is 12.1. The molecule has 0 spiro atoms. The Balaban J connectivity index is 1.77. The van der Waals surface area contributed by atoms with Crippen LogP contribution in [0.15, 0.2) is 29.4 Å². The average Bonchev–Trinajstić information content (AvgIpc) is 2.77. The molecule has 1 saturated heterocycles. The van der Waals surface area contributed by atoms with Crippen LogP contribution in [0.3, 0.4) is 0 Å². The molecule has 1 aliphatic rings. The van der Waals surface area contributed by atoms with Crippen molar-refractivity contribution >= 4 is 5.84 Å². The molecule has 1 aliphatic heterocycles. The normalized spacial score (nSPS) is 24.0. The molecule has 0 bridgehead atoms. The van der Waals surface area contributed by atoms with Crippen LogP contribution in [-0.2, 0) is 0 Å². The Bertz CT molecular complexity index is 449. The molecule has 0 amide bonds. The van der Waals surface area contributed by atoms with Gasteiger partial charge in [-0.1, -0.05) is 19.0 Å². The van der Waals surface area contributed by atoms with Crippen molar-refractivity contribution in [3.8, 4) is 5.75 Å². The van der Waals surface area contributed by atoms with Crippen LogP contribution >= 0.6 is 0 Å². The van der Waals surface area contributed by atoms with Crippen LogP contribution in [0.2, 0.25) is 0 Å². The van der Waals surface area contributed by atoms with Crippen molar-refractivity contribution in [2.45, 2.75) is 13.8 Å². The summed E-state index contributed by atoms with van der Waals surface area (Å²) in [5.41, 5.74) is 6.19. The third-order valence-electron chi connectivity index (χ3n) is 4.00. The molecule has 0 aliphatic carbocycles. The second-order valence-electron chi connectivity index (χ2n) is 5.57. The van der Waals surface area contributed by atoms with Gasteiger partial charge in [-0.3, -0.25) is 4.90 Å². The molecule has 1 aromatic carbocycles. The second kappa shape index (κ2) is 6.61. The molecule has 1 aromatic rings. The number of rotatable bonds is 5. The van der Waals surface area contributed by atoms with Crippen molar-refractivity contribution in [1.29, 1.82) is 0 Å². The molecule has 0 aromatic heterocycles. The van der Waals surface area contributed by atoms with Gasteiger partial charge in [-0.15, -0.1) is 0 Å². The van der Waals surface area contributed by atoms with E-state index in [1.165, 1.54) is 0 Å². The Kier molecular flexibility index (Phi) is 4.84. The summed E-state index contributed by atoms with van der Waals surface area (Å²) in [4.78, 5) is 2.44. The lowest BCUT2D eigenvalue weighted by atomic mass is 10.0. The fraction of sp³-hybridized carbons (Fsp3) is 0.533. The monoisotopic (exact) mass is 277 g/mol. The van der Waals surface area contributed by atoms with Crippen LogP contribution in [0, 0.1) is 11.8 Å². The molecule has 2 rings (SSSR count). The average molecular weight is 277 g/mol. The fourth-order valence-corrected chi connectivity index (χ4v) is 2.50. The predicted octanol–water partition coefficient (Wildman–Crippen LogP) is 1.75. The number of hydrogen-bond acceptors (Lipinski definition) is 4. The quantitative estimate of drug-likeness (QED) is 0.372. The minimum Gasteiger partial charge on any atom is -0.492 e.